The maximum absolute atomic E-state index is 12.5. The first-order valence-electron chi connectivity index (χ1n) is 9.83. The van der Waals surface area contributed by atoms with Crippen molar-refractivity contribution in [2.24, 2.45) is 0 Å². The number of rotatable bonds is 6. The fourth-order valence-corrected chi connectivity index (χ4v) is 4.93. The van der Waals surface area contributed by atoms with E-state index in [1.807, 2.05) is 25.1 Å². The van der Waals surface area contributed by atoms with Gasteiger partial charge in [-0.05, 0) is 37.9 Å². The van der Waals surface area contributed by atoms with Crippen LogP contribution in [0, 0.1) is 0 Å². The van der Waals surface area contributed by atoms with Crippen molar-refractivity contribution in [3.63, 3.8) is 0 Å². The number of carbonyl (C=O) groups excluding carboxylic acids is 3. The summed E-state index contributed by atoms with van der Waals surface area (Å²) in [5, 5.41) is 1.10. The fraction of sp³-hybridized carbons (Fsp3) is 0.500. The summed E-state index contributed by atoms with van der Waals surface area (Å²) in [5.74, 6) is -1.12. The molecule has 7 nitrogen and oxygen atoms in total. The van der Waals surface area contributed by atoms with Crippen molar-refractivity contribution in [2.75, 3.05) is 26.3 Å². The highest BCUT2D eigenvalue weighted by Crippen LogP contribution is 2.33. The monoisotopic (exact) mass is 400 g/mol. The minimum Gasteiger partial charge on any atom is -0.285 e. The van der Waals surface area contributed by atoms with Crippen LogP contribution in [0.15, 0.2) is 24.3 Å². The van der Waals surface area contributed by atoms with E-state index < -0.39 is 17.8 Å². The van der Waals surface area contributed by atoms with Gasteiger partial charge >= 0.3 is 17.8 Å². The number of urea groups is 1. The average Bonchev–Trinajstić information content (AvgIpc) is 3.23. The van der Waals surface area contributed by atoms with Gasteiger partial charge in [-0.15, -0.1) is 11.3 Å². The number of hydrogen-bond acceptors (Lipinski definition) is 6. The number of nitrogens with zero attached hydrogens (tertiary/aromatic N) is 4. The Morgan fingerprint density at radius 1 is 1.14 bits per heavy atom. The van der Waals surface area contributed by atoms with Gasteiger partial charge in [0.25, 0.3) is 0 Å². The Morgan fingerprint density at radius 2 is 1.93 bits per heavy atom. The molecule has 4 rings (SSSR count). The lowest BCUT2D eigenvalue weighted by Gasteiger charge is -2.33. The van der Waals surface area contributed by atoms with Crippen molar-refractivity contribution < 1.29 is 14.4 Å². The van der Waals surface area contributed by atoms with Gasteiger partial charge in [-0.25, -0.2) is 14.7 Å². The highest BCUT2D eigenvalue weighted by molar-refractivity contribution is 7.18. The first kappa shape index (κ1) is 19.0. The molecule has 0 aliphatic carbocycles. The van der Waals surface area contributed by atoms with Gasteiger partial charge in [0.1, 0.15) is 0 Å². The number of likely N-dealkylation sites (tertiary alicyclic amines) is 1. The maximum atomic E-state index is 12.5. The predicted octanol–water partition coefficient (Wildman–Crippen LogP) is 3.02. The molecule has 1 aromatic heterocycles. The van der Waals surface area contributed by atoms with Gasteiger partial charge in [-0.2, -0.15) is 0 Å². The molecule has 0 unspecified atom stereocenters. The van der Waals surface area contributed by atoms with Crippen LogP contribution in [0.4, 0.5) is 4.79 Å². The number of hydrogen-bond donors (Lipinski definition) is 0. The molecule has 4 amide bonds. The minimum atomic E-state index is -0.705. The van der Waals surface area contributed by atoms with Crippen molar-refractivity contribution >= 4 is 39.4 Å². The van der Waals surface area contributed by atoms with E-state index in [9.17, 15) is 14.4 Å². The number of aromatic nitrogens is 1. The molecule has 2 fully saturated rings. The van der Waals surface area contributed by atoms with E-state index in [4.69, 9.17) is 4.98 Å². The molecule has 28 heavy (non-hydrogen) atoms. The largest absolute Gasteiger partial charge is 0.335 e. The summed E-state index contributed by atoms with van der Waals surface area (Å²) in [4.78, 5) is 46.0. The number of unbranched alkanes of at least 4 members (excludes halogenated alkanes) is 1. The van der Waals surface area contributed by atoms with E-state index in [0.29, 0.717) is 13.0 Å². The number of fused-ring (bicyclic) bond motifs is 1. The molecule has 2 aliphatic rings. The van der Waals surface area contributed by atoms with Gasteiger partial charge in [0.05, 0.1) is 21.9 Å². The molecule has 8 heteroatoms. The normalized spacial score (nSPS) is 21.3. The molecule has 0 saturated carbocycles. The van der Waals surface area contributed by atoms with E-state index >= 15 is 0 Å². The number of thiazole rings is 1. The highest BCUT2D eigenvalue weighted by Gasteiger charge is 2.44. The number of piperidine rings is 1. The molecule has 2 aromatic rings. The van der Waals surface area contributed by atoms with Gasteiger partial charge in [0.15, 0.2) is 0 Å². The SMILES string of the molecule is CCCCN1C(=O)C(=O)N(CN2CCC[C@@H](c3nc4ccccc4s3)C2)C1=O. The second-order valence-corrected chi connectivity index (χ2v) is 8.47. The standard InChI is InChI=1S/C20H24N4O3S/c1-2-3-11-23-18(25)19(26)24(20(23)27)13-22-10-6-7-14(12-22)17-21-15-8-4-5-9-16(15)28-17/h4-5,8-9,14H,2-3,6-7,10-13H2,1H3/t14-/m1/s1. The van der Waals surface area contributed by atoms with Gasteiger partial charge in [-0.1, -0.05) is 25.5 Å². The van der Waals surface area contributed by atoms with Crippen LogP contribution in [0.5, 0.6) is 0 Å². The molecular weight excluding hydrogens is 376 g/mol. The lowest BCUT2D eigenvalue weighted by molar-refractivity contribution is -0.144. The van der Waals surface area contributed by atoms with Gasteiger partial charge < -0.3 is 0 Å². The van der Waals surface area contributed by atoms with Crippen LogP contribution in [-0.2, 0) is 9.59 Å². The number of carbonyl (C=O) groups is 3. The molecule has 2 saturated heterocycles. The van der Waals surface area contributed by atoms with Crippen LogP contribution >= 0.6 is 11.3 Å². The summed E-state index contributed by atoms with van der Waals surface area (Å²) in [6.07, 6.45) is 3.59. The average molecular weight is 401 g/mol. The highest BCUT2D eigenvalue weighted by atomic mass is 32.1. The Hall–Kier alpha value is -2.32. The molecule has 1 atom stereocenters. The third-order valence-electron chi connectivity index (χ3n) is 5.38. The Morgan fingerprint density at radius 3 is 2.71 bits per heavy atom. The minimum absolute atomic E-state index is 0.174. The zero-order chi connectivity index (χ0) is 19.7. The van der Waals surface area contributed by atoms with E-state index in [-0.39, 0.29) is 12.6 Å². The lowest BCUT2D eigenvalue weighted by Crippen LogP contribution is -2.45. The summed E-state index contributed by atoms with van der Waals surface area (Å²) < 4.78 is 1.18. The molecule has 0 N–H and O–H groups in total. The molecule has 0 spiro atoms. The van der Waals surface area contributed by atoms with Gasteiger partial charge in [0, 0.05) is 19.0 Å². The van der Waals surface area contributed by atoms with E-state index in [2.05, 4.69) is 11.0 Å². The smallest absolute Gasteiger partial charge is 0.285 e. The van der Waals surface area contributed by atoms with Crippen molar-refractivity contribution in [3.8, 4) is 0 Å². The third-order valence-corrected chi connectivity index (χ3v) is 6.58. The molecule has 0 radical (unpaired) electrons. The summed E-state index contributed by atoms with van der Waals surface area (Å²) in [7, 11) is 0. The van der Waals surface area contributed by atoms with E-state index in [0.717, 1.165) is 52.7 Å². The van der Waals surface area contributed by atoms with Crippen LogP contribution in [0.2, 0.25) is 0 Å². The number of para-hydroxylation sites is 1. The third kappa shape index (κ3) is 3.54. The fourth-order valence-electron chi connectivity index (χ4n) is 3.84. The van der Waals surface area contributed by atoms with Crippen LogP contribution < -0.4 is 0 Å². The molecular formula is C20H24N4O3S. The maximum Gasteiger partial charge on any atom is 0.335 e. The van der Waals surface area contributed by atoms with Crippen molar-refractivity contribution in [1.29, 1.82) is 0 Å². The quantitative estimate of drug-likeness (QED) is 0.550. The number of benzene rings is 1. The van der Waals surface area contributed by atoms with Gasteiger partial charge in [-0.3, -0.25) is 19.4 Å². The Kier molecular flexibility index (Phi) is 5.41. The van der Waals surface area contributed by atoms with Crippen LogP contribution in [0.3, 0.4) is 0 Å². The van der Waals surface area contributed by atoms with E-state index in [1.165, 1.54) is 4.70 Å². The second-order valence-electron chi connectivity index (χ2n) is 7.40. The summed E-state index contributed by atoms with van der Waals surface area (Å²) in [6.45, 7) is 4.01. The lowest BCUT2D eigenvalue weighted by atomic mass is 9.99. The molecule has 2 aliphatic heterocycles. The van der Waals surface area contributed by atoms with Crippen LogP contribution in [0.1, 0.15) is 43.5 Å². The van der Waals surface area contributed by atoms with Crippen LogP contribution in [0.25, 0.3) is 10.2 Å². The van der Waals surface area contributed by atoms with E-state index in [1.54, 1.807) is 11.3 Å². The molecule has 1 aromatic carbocycles. The van der Waals surface area contributed by atoms with Crippen molar-refractivity contribution in [3.05, 3.63) is 29.3 Å². The Balaban J connectivity index is 1.44. The number of imide groups is 2. The summed E-state index contributed by atoms with van der Waals surface area (Å²) in [6, 6.07) is 7.63. The zero-order valence-electron chi connectivity index (χ0n) is 16.0. The first-order chi connectivity index (χ1) is 13.6. The Labute approximate surface area is 167 Å². The summed E-state index contributed by atoms with van der Waals surface area (Å²) in [5.41, 5.74) is 1.02. The van der Waals surface area contributed by atoms with Crippen molar-refractivity contribution in [2.45, 2.75) is 38.5 Å². The topological polar surface area (TPSA) is 73.8 Å². The zero-order valence-corrected chi connectivity index (χ0v) is 16.8. The summed E-state index contributed by atoms with van der Waals surface area (Å²) >= 11 is 1.71. The number of amides is 4. The van der Waals surface area contributed by atoms with Gasteiger partial charge in [0.2, 0.25) is 0 Å². The predicted molar refractivity (Wildman–Crippen MR) is 107 cm³/mol. The first-order valence-corrected chi connectivity index (χ1v) is 10.6. The molecule has 0 bridgehead atoms. The molecule has 3 heterocycles. The van der Waals surface area contributed by atoms with Crippen molar-refractivity contribution in [1.82, 2.24) is 19.7 Å². The second kappa shape index (κ2) is 7.97. The van der Waals surface area contributed by atoms with Crippen LogP contribution in [-0.4, -0.2) is 63.8 Å². The Bertz CT molecular complexity index is 879. The molecule has 148 valence electrons.